The molecule has 28 heavy (non-hydrogen) atoms. The van der Waals surface area contributed by atoms with Gasteiger partial charge in [0.25, 0.3) is 0 Å². The van der Waals surface area contributed by atoms with Gasteiger partial charge in [0, 0.05) is 32.8 Å². The summed E-state index contributed by atoms with van der Waals surface area (Å²) in [5, 5.41) is 6.79. The van der Waals surface area contributed by atoms with Crippen molar-refractivity contribution >= 4 is 29.9 Å². The molecule has 1 aliphatic heterocycles. The van der Waals surface area contributed by atoms with Gasteiger partial charge in [-0.15, -0.1) is 24.0 Å². The standard InChI is InChI=1S/C21H36N4O2.HI/c1-3-14-27-18-20-9-6-5-8-19(20)17-24-21(22-4-2)23-10-7-11-25-12-15-26-16-13-25;/h5-6,8-9H,3-4,7,10-18H2,1-2H3,(H2,22,23,24);1H. The van der Waals surface area contributed by atoms with E-state index in [4.69, 9.17) is 14.5 Å². The summed E-state index contributed by atoms with van der Waals surface area (Å²) >= 11 is 0. The van der Waals surface area contributed by atoms with Crippen LogP contribution in [0, 0.1) is 0 Å². The molecular weight excluding hydrogens is 467 g/mol. The topological polar surface area (TPSA) is 58.1 Å². The molecular formula is C21H37IN4O2. The maximum Gasteiger partial charge on any atom is 0.191 e. The van der Waals surface area contributed by atoms with Crippen LogP contribution in [0.25, 0.3) is 0 Å². The summed E-state index contributed by atoms with van der Waals surface area (Å²) in [6, 6.07) is 8.39. The summed E-state index contributed by atoms with van der Waals surface area (Å²) in [6.07, 6.45) is 2.14. The molecule has 1 fully saturated rings. The molecule has 1 saturated heterocycles. The Bertz CT molecular complexity index is 551. The number of hydrogen-bond donors (Lipinski definition) is 2. The van der Waals surface area contributed by atoms with Gasteiger partial charge in [0.2, 0.25) is 0 Å². The summed E-state index contributed by atoms with van der Waals surface area (Å²) in [7, 11) is 0. The Morgan fingerprint density at radius 3 is 2.61 bits per heavy atom. The summed E-state index contributed by atoms with van der Waals surface area (Å²) in [5.41, 5.74) is 2.44. The molecule has 1 aliphatic rings. The van der Waals surface area contributed by atoms with E-state index in [9.17, 15) is 0 Å². The van der Waals surface area contributed by atoms with Crippen molar-refractivity contribution in [3.63, 3.8) is 0 Å². The van der Waals surface area contributed by atoms with Gasteiger partial charge in [-0.05, 0) is 37.4 Å². The third-order valence-corrected chi connectivity index (χ3v) is 4.52. The normalized spacial score (nSPS) is 15.1. The van der Waals surface area contributed by atoms with Gasteiger partial charge in [-0.1, -0.05) is 31.2 Å². The molecule has 0 aromatic heterocycles. The summed E-state index contributed by atoms with van der Waals surface area (Å²) in [5.74, 6) is 0.878. The average molecular weight is 504 g/mol. The number of aliphatic imine (C=N–C) groups is 1. The number of ether oxygens (including phenoxy) is 2. The minimum atomic E-state index is 0. The van der Waals surface area contributed by atoms with E-state index >= 15 is 0 Å². The van der Waals surface area contributed by atoms with Crippen molar-refractivity contribution in [1.82, 2.24) is 15.5 Å². The Kier molecular flexibility index (Phi) is 14.3. The maximum atomic E-state index is 5.71. The molecule has 0 radical (unpaired) electrons. The predicted octanol–water partition coefficient (Wildman–Crippen LogP) is 3.01. The van der Waals surface area contributed by atoms with Gasteiger partial charge in [-0.25, -0.2) is 4.99 Å². The highest BCUT2D eigenvalue weighted by molar-refractivity contribution is 14.0. The quantitative estimate of drug-likeness (QED) is 0.210. The highest BCUT2D eigenvalue weighted by atomic mass is 127. The van der Waals surface area contributed by atoms with Crippen molar-refractivity contribution in [3.8, 4) is 0 Å². The summed E-state index contributed by atoms with van der Waals surface area (Å²) in [4.78, 5) is 7.22. The molecule has 0 atom stereocenters. The molecule has 0 aliphatic carbocycles. The number of morpholine rings is 1. The first-order chi connectivity index (χ1) is 13.3. The van der Waals surface area contributed by atoms with Crippen molar-refractivity contribution in [2.75, 3.05) is 52.5 Å². The number of halogens is 1. The molecule has 0 bridgehead atoms. The zero-order chi connectivity index (χ0) is 19.2. The van der Waals surface area contributed by atoms with Crippen LogP contribution in [0.4, 0.5) is 0 Å². The predicted molar refractivity (Wildman–Crippen MR) is 126 cm³/mol. The van der Waals surface area contributed by atoms with Crippen LogP contribution in [0.2, 0.25) is 0 Å². The minimum absolute atomic E-state index is 0. The number of nitrogens with one attached hydrogen (secondary N) is 2. The molecule has 2 rings (SSSR count). The van der Waals surface area contributed by atoms with E-state index in [-0.39, 0.29) is 24.0 Å². The van der Waals surface area contributed by atoms with Gasteiger partial charge < -0.3 is 20.1 Å². The van der Waals surface area contributed by atoms with Crippen molar-refractivity contribution < 1.29 is 9.47 Å². The Labute approximate surface area is 187 Å². The lowest BCUT2D eigenvalue weighted by atomic mass is 10.1. The van der Waals surface area contributed by atoms with Crippen molar-refractivity contribution in [3.05, 3.63) is 35.4 Å². The van der Waals surface area contributed by atoms with Gasteiger partial charge in [0.05, 0.1) is 26.4 Å². The van der Waals surface area contributed by atoms with Crippen LogP contribution in [0.3, 0.4) is 0 Å². The lowest BCUT2D eigenvalue weighted by Gasteiger charge is -2.26. The molecule has 0 amide bonds. The first-order valence-corrected chi connectivity index (χ1v) is 10.3. The van der Waals surface area contributed by atoms with E-state index < -0.39 is 0 Å². The van der Waals surface area contributed by atoms with E-state index in [0.29, 0.717) is 13.2 Å². The van der Waals surface area contributed by atoms with Crippen LogP contribution in [-0.2, 0) is 22.6 Å². The molecule has 1 aromatic carbocycles. The average Bonchev–Trinajstić information content (AvgIpc) is 2.71. The van der Waals surface area contributed by atoms with Gasteiger partial charge >= 0.3 is 0 Å². The van der Waals surface area contributed by atoms with E-state index in [1.165, 1.54) is 11.1 Å². The highest BCUT2D eigenvalue weighted by Crippen LogP contribution is 2.11. The second-order valence-corrected chi connectivity index (χ2v) is 6.75. The third-order valence-electron chi connectivity index (χ3n) is 4.52. The van der Waals surface area contributed by atoms with Crippen LogP contribution in [0.1, 0.15) is 37.8 Å². The zero-order valence-electron chi connectivity index (χ0n) is 17.4. The van der Waals surface area contributed by atoms with Crippen LogP contribution < -0.4 is 10.6 Å². The van der Waals surface area contributed by atoms with Crippen molar-refractivity contribution in [2.45, 2.75) is 39.8 Å². The monoisotopic (exact) mass is 504 g/mol. The lowest BCUT2D eigenvalue weighted by Crippen LogP contribution is -2.40. The Morgan fingerprint density at radius 1 is 1.14 bits per heavy atom. The second-order valence-electron chi connectivity index (χ2n) is 6.75. The van der Waals surface area contributed by atoms with Crippen molar-refractivity contribution in [1.29, 1.82) is 0 Å². The largest absolute Gasteiger partial charge is 0.379 e. The van der Waals surface area contributed by atoms with Gasteiger partial charge in [-0.3, -0.25) is 4.90 Å². The molecule has 1 heterocycles. The molecule has 1 aromatic rings. The Hall–Kier alpha value is -0.900. The van der Waals surface area contributed by atoms with Gasteiger partial charge in [0.15, 0.2) is 5.96 Å². The molecule has 7 heteroatoms. The van der Waals surface area contributed by atoms with Crippen LogP contribution in [0.5, 0.6) is 0 Å². The van der Waals surface area contributed by atoms with Crippen LogP contribution >= 0.6 is 24.0 Å². The van der Waals surface area contributed by atoms with E-state index in [2.05, 4.69) is 53.6 Å². The fourth-order valence-electron chi connectivity index (χ4n) is 3.02. The SMILES string of the molecule is CCCOCc1ccccc1CN=C(NCC)NCCCN1CCOCC1.I. The molecule has 6 nitrogen and oxygen atoms in total. The zero-order valence-corrected chi connectivity index (χ0v) is 19.7. The fraction of sp³-hybridized carbons (Fsp3) is 0.667. The number of benzene rings is 1. The summed E-state index contributed by atoms with van der Waals surface area (Å²) in [6.45, 7) is 13.0. The Morgan fingerprint density at radius 2 is 1.89 bits per heavy atom. The summed E-state index contributed by atoms with van der Waals surface area (Å²) < 4.78 is 11.1. The maximum absolute atomic E-state index is 5.71. The molecule has 0 unspecified atom stereocenters. The fourth-order valence-corrected chi connectivity index (χ4v) is 3.02. The molecule has 160 valence electrons. The highest BCUT2D eigenvalue weighted by Gasteiger charge is 2.09. The first kappa shape index (κ1) is 25.1. The molecule has 0 spiro atoms. The minimum Gasteiger partial charge on any atom is -0.379 e. The Balaban J connectivity index is 0.00000392. The first-order valence-electron chi connectivity index (χ1n) is 10.3. The number of hydrogen-bond acceptors (Lipinski definition) is 4. The number of rotatable bonds is 11. The van der Waals surface area contributed by atoms with E-state index in [1.54, 1.807) is 0 Å². The molecule has 0 saturated carbocycles. The van der Waals surface area contributed by atoms with Gasteiger partial charge in [0.1, 0.15) is 0 Å². The lowest BCUT2D eigenvalue weighted by molar-refractivity contribution is 0.0376. The van der Waals surface area contributed by atoms with Gasteiger partial charge in [-0.2, -0.15) is 0 Å². The number of guanidine groups is 1. The van der Waals surface area contributed by atoms with Crippen LogP contribution in [0.15, 0.2) is 29.3 Å². The number of nitrogens with zero attached hydrogens (tertiary/aromatic N) is 2. The van der Waals surface area contributed by atoms with E-state index in [0.717, 1.165) is 71.3 Å². The second kappa shape index (κ2) is 16.0. The molecule has 2 N–H and O–H groups in total. The van der Waals surface area contributed by atoms with Crippen LogP contribution in [-0.4, -0.2) is 63.4 Å². The van der Waals surface area contributed by atoms with E-state index in [1.807, 2.05) is 0 Å². The third kappa shape index (κ3) is 10.0. The smallest absolute Gasteiger partial charge is 0.191 e. The van der Waals surface area contributed by atoms with Crippen molar-refractivity contribution in [2.24, 2.45) is 4.99 Å².